The van der Waals surface area contributed by atoms with Crippen LogP contribution >= 0.6 is 15.9 Å². The van der Waals surface area contributed by atoms with Crippen molar-refractivity contribution in [2.75, 3.05) is 29.9 Å². The van der Waals surface area contributed by atoms with Gasteiger partial charge >= 0.3 is 0 Å². The Balaban J connectivity index is 1.57. The average Bonchev–Trinajstić information content (AvgIpc) is 3.03. The predicted octanol–water partition coefficient (Wildman–Crippen LogP) is 3.05. The van der Waals surface area contributed by atoms with Gasteiger partial charge in [0.25, 0.3) is 0 Å². The van der Waals surface area contributed by atoms with Gasteiger partial charge in [-0.3, -0.25) is 0 Å². The second kappa shape index (κ2) is 6.75. The monoisotopic (exact) mass is 357 g/mol. The number of nitrogens with one attached hydrogen (secondary N) is 1. The highest BCUT2D eigenvalue weighted by atomic mass is 79.9. The molecule has 3 rings (SSSR count). The van der Waals surface area contributed by atoms with E-state index < -0.39 is 0 Å². The highest BCUT2D eigenvalue weighted by Gasteiger charge is 2.22. The fourth-order valence-electron chi connectivity index (χ4n) is 2.68. The first-order chi connectivity index (χ1) is 10.8. The van der Waals surface area contributed by atoms with E-state index in [0.717, 1.165) is 30.5 Å². The lowest BCUT2D eigenvalue weighted by atomic mass is 10.1. The van der Waals surface area contributed by atoms with Crippen LogP contribution in [0.5, 0.6) is 0 Å². The van der Waals surface area contributed by atoms with Gasteiger partial charge in [0, 0.05) is 42.2 Å². The van der Waals surface area contributed by atoms with Crippen LogP contribution in [0.2, 0.25) is 0 Å². The lowest BCUT2D eigenvalue weighted by Crippen LogP contribution is -2.22. The molecule has 1 fully saturated rings. The molecule has 1 aliphatic rings. The van der Waals surface area contributed by atoms with E-state index in [2.05, 4.69) is 66.4 Å². The number of nitriles is 1. The van der Waals surface area contributed by atoms with Gasteiger partial charge in [-0.1, -0.05) is 15.9 Å². The molecule has 0 aliphatic carbocycles. The fraction of sp³-hybridized carbons (Fsp3) is 0.312. The lowest BCUT2D eigenvalue weighted by molar-refractivity contribution is 0.621. The molecule has 1 N–H and O–H groups in total. The Hall–Kier alpha value is -2.13. The van der Waals surface area contributed by atoms with Crippen LogP contribution < -0.4 is 10.2 Å². The SMILES string of the molecule is N#Cc1nccnc1NCC1CCN(c2ccc(Br)cc2)C1. The zero-order valence-corrected chi connectivity index (χ0v) is 13.6. The maximum Gasteiger partial charge on any atom is 0.182 e. The molecule has 0 saturated carbocycles. The number of rotatable bonds is 4. The van der Waals surface area contributed by atoms with Crippen LogP contribution in [-0.4, -0.2) is 29.6 Å². The van der Waals surface area contributed by atoms with Gasteiger partial charge < -0.3 is 10.2 Å². The molecule has 0 bridgehead atoms. The smallest absolute Gasteiger partial charge is 0.182 e. The number of benzene rings is 1. The molecule has 5 nitrogen and oxygen atoms in total. The Morgan fingerprint density at radius 3 is 2.82 bits per heavy atom. The summed E-state index contributed by atoms with van der Waals surface area (Å²) in [6.45, 7) is 2.87. The number of nitrogens with zero attached hydrogens (tertiary/aromatic N) is 4. The molecule has 1 unspecified atom stereocenters. The molecule has 0 spiro atoms. The second-order valence-electron chi connectivity index (χ2n) is 5.32. The molecule has 1 atom stereocenters. The second-order valence-corrected chi connectivity index (χ2v) is 6.24. The van der Waals surface area contributed by atoms with E-state index in [9.17, 15) is 0 Å². The maximum absolute atomic E-state index is 9.02. The van der Waals surface area contributed by atoms with Crippen LogP contribution in [0.3, 0.4) is 0 Å². The minimum absolute atomic E-state index is 0.352. The largest absolute Gasteiger partial charge is 0.371 e. The van der Waals surface area contributed by atoms with Gasteiger partial charge in [-0.25, -0.2) is 9.97 Å². The summed E-state index contributed by atoms with van der Waals surface area (Å²) in [4.78, 5) is 10.6. The van der Waals surface area contributed by atoms with E-state index in [0.29, 0.717) is 17.4 Å². The van der Waals surface area contributed by atoms with E-state index in [1.54, 1.807) is 6.20 Å². The first-order valence-corrected chi connectivity index (χ1v) is 8.01. The van der Waals surface area contributed by atoms with Gasteiger partial charge in [-0.15, -0.1) is 0 Å². The molecular formula is C16H16BrN5. The summed E-state index contributed by atoms with van der Waals surface area (Å²) < 4.78 is 1.10. The van der Waals surface area contributed by atoms with Crippen molar-refractivity contribution in [2.45, 2.75) is 6.42 Å². The summed E-state index contributed by atoms with van der Waals surface area (Å²) in [5, 5.41) is 12.3. The molecule has 22 heavy (non-hydrogen) atoms. The highest BCUT2D eigenvalue weighted by molar-refractivity contribution is 9.10. The normalized spacial score (nSPS) is 17.3. The quantitative estimate of drug-likeness (QED) is 0.910. The van der Waals surface area contributed by atoms with Gasteiger partial charge in [0.15, 0.2) is 11.5 Å². The van der Waals surface area contributed by atoms with Gasteiger partial charge in [0.2, 0.25) is 0 Å². The third-order valence-electron chi connectivity index (χ3n) is 3.84. The van der Waals surface area contributed by atoms with Crippen LogP contribution in [0.15, 0.2) is 41.1 Å². The lowest BCUT2D eigenvalue weighted by Gasteiger charge is -2.19. The van der Waals surface area contributed by atoms with Crippen molar-refractivity contribution in [3.05, 3.63) is 46.8 Å². The molecular weight excluding hydrogens is 342 g/mol. The first-order valence-electron chi connectivity index (χ1n) is 7.22. The number of aromatic nitrogens is 2. The molecule has 0 amide bonds. The van der Waals surface area contributed by atoms with Gasteiger partial charge in [-0.2, -0.15) is 5.26 Å². The third-order valence-corrected chi connectivity index (χ3v) is 4.37. The van der Waals surface area contributed by atoms with Crippen molar-refractivity contribution < 1.29 is 0 Å². The molecule has 6 heteroatoms. The van der Waals surface area contributed by atoms with Crippen LogP contribution in [0, 0.1) is 17.2 Å². The van der Waals surface area contributed by atoms with E-state index in [1.165, 1.54) is 11.9 Å². The minimum atomic E-state index is 0.352. The Morgan fingerprint density at radius 2 is 2.05 bits per heavy atom. The van der Waals surface area contributed by atoms with Crippen molar-refractivity contribution >= 4 is 27.4 Å². The zero-order chi connectivity index (χ0) is 15.4. The Morgan fingerprint density at radius 1 is 1.27 bits per heavy atom. The van der Waals surface area contributed by atoms with Gasteiger partial charge in [-0.05, 0) is 36.6 Å². The van der Waals surface area contributed by atoms with E-state index in [4.69, 9.17) is 5.26 Å². The van der Waals surface area contributed by atoms with E-state index in [1.807, 2.05) is 0 Å². The predicted molar refractivity (Wildman–Crippen MR) is 89.7 cm³/mol. The summed E-state index contributed by atoms with van der Waals surface area (Å²) in [6, 6.07) is 10.5. The number of hydrogen-bond donors (Lipinski definition) is 1. The van der Waals surface area contributed by atoms with Crippen LogP contribution in [0.1, 0.15) is 12.1 Å². The summed E-state index contributed by atoms with van der Waals surface area (Å²) in [7, 11) is 0. The Labute approximate surface area is 138 Å². The van der Waals surface area contributed by atoms with E-state index in [-0.39, 0.29) is 0 Å². The maximum atomic E-state index is 9.02. The van der Waals surface area contributed by atoms with Crippen molar-refractivity contribution in [2.24, 2.45) is 5.92 Å². The van der Waals surface area contributed by atoms with Crippen molar-refractivity contribution in [3.8, 4) is 6.07 Å². The number of halogens is 1. The van der Waals surface area contributed by atoms with Crippen LogP contribution in [0.25, 0.3) is 0 Å². The number of hydrogen-bond acceptors (Lipinski definition) is 5. The molecule has 1 aromatic heterocycles. The fourth-order valence-corrected chi connectivity index (χ4v) is 2.94. The highest BCUT2D eigenvalue weighted by Crippen LogP contribution is 2.25. The standard InChI is InChI=1S/C16H16BrN5/c17-13-1-3-14(4-2-13)22-8-5-12(11-22)10-21-16-15(9-18)19-6-7-20-16/h1-4,6-7,12H,5,8,10-11H2,(H,20,21). The van der Waals surface area contributed by atoms with Gasteiger partial charge in [0.1, 0.15) is 6.07 Å². The van der Waals surface area contributed by atoms with Crippen LogP contribution in [-0.2, 0) is 0 Å². The minimum Gasteiger partial charge on any atom is -0.371 e. The topological polar surface area (TPSA) is 64.8 Å². The summed E-state index contributed by atoms with van der Waals surface area (Å²) >= 11 is 3.46. The first kappa shape index (κ1) is 14.8. The zero-order valence-electron chi connectivity index (χ0n) is 12.0. The average molecular weight is 358 g/mol. The Kier molecular flexibility index (Phi) is 4.54. The van der Waals surface area contributed by atoms with E-state index >= 15 is 0 Å². The van der Waals surface area contributed by atoms with Crippen molar-refractivity contribution in [3.63, 3.8) is 0 Å². The molecule has 2 aromatic rings. The Bertz CT molecular complexity index is 680. The van der Waals surface area contributed by atoms with Gasteiger partial charge in [0.05, 0.1) is 0 Å². The third kappa shape index (κ3) is 3.37. The number of anilines is 2. The summed E-state index contributed by atoms with van der Waals surface area (Å²) in [6.07, 6.45) is 4.27. The summed E-state index contributed by atoms with van der Waals surface area (Å²) in [5.74, 6) is 1.12. The summed E-state index contributed by atoms with van der Waals surface area (Å²) in [5.41, 5.74) is 1.60. The molecule has 1 aliphatic heterocycles. The molecule has 0 radical (unpaired) electrons. The van der Waals surface area contributed by atoms with Crippen LogP contribution in [0.4, 0.5) is 11.5 Å². The molecule has 1 saturated heterocycles. The molecule has 112 valence electrons. The van der Waals surface area contributed by atoms with Crippen molar-refractivity contribution in [1.29, 1.82) is 5.26 Å². The molecule has 1 aromatic carbocycles. The molecule has 2 heterocycles. The van der Waals surface area contributed by atoms with Crippen molar-refractivity contribution in [1.82, 2.24) is 9.97 Å².